The highest BCUT2D eigenvalue weighted by Crippen LogP contribution is 2.60. The van der Waals surface area contributed by atoms with Gasteiger partial charge in [-0.1, -0.05) is 60.1 Å². The van der Waals surface area contributed by atoms with E-state index >= 15 is 0 Å². The molecule has 188 valence electrons. The van der Waals surface area contributed by atoms with Crippen LogP contribution in [0.1, 0.15) is 22.3 Å². The quantitative estimate of drug-likeness (QED) is 0.355. The van der Waals surface area contributed by atoms with E-state index in [1.165, 1.54) is 19.2 Å². The van der Waals surface area contributed by atoms with E-state index in [-0.39, 0.29) is 29.3 Å². The van der Waals surface area contributed by atoms with Crippen LogP contribution < -0.4 is 4.74 Å². The van der Waals surface area contributed by atoms with Gasteiger partial charge in [0.25, 0.3) is 0 Å². The molecule has 35 heavy (non-hydrogen) atoms. The van der Waals surface area contributed by atoms with Gasteiger partial charge in [0, 0.05) is 13.1 Å². The number of methoxy groups -OCH3 is 1. The number of nitrogens with zero attached hydrogens (tertiary/aromatic N) is 1. The maximum atomic E-state index is 14.2. The molecule has 3 rings (SSSR count). The fraction of sp³-hybridized carbons (Fsp3) is 0.217. The minimum absolute atomic E-state index is 0.0366. The number of halogens is 3. The third kappa shape index (κ3) is 5.74. The molecule has 12 heteroatoms. The lowest BCUT2D eigenvalue weighted by Gasteiger charge is -2.25. The zero-order chi connectivity index (χ0) is 26.0. The van der Waals surface area contributed by atoms with Crippen molar-refractivity contribution in [3.05, 3.63) is 94.0 Å². The van der Waals surface area contributed by atoms with E-state index in [1.54, 1.807) is 24.3 Å². The Bertz CT molecular complexity index is 1380. The Morgan fingerprint density at radius 3 is 2.26 bits per heavy atom. The molecule has 2 N–H and O–H groups in total. The lowest BCUT2D eigenvalue weighted by atomic mass is 10.1. The summed E-state index contributed by atoms with van der Waals surface area (Å²) in [5.74, 6) is 0.136. The van der Waals surface area contributed by atoms with Gasteiger partial charge in [-0.05, 0) is 41.8 Å². The fourth-order valence-electron chi connectivity index (χ4n) is 3.44. The molecule has 0 spiro atoms. The molecular formula is C23H23ClF2NO6PS. The number of hydrogen-bond acceptors (Lipinski definition) is 4. The van der Waals surface area contributed by atoms with Gasteiger partial charge in [0.1, 0.15) is 10.6 Å². The van der Waals surface area contributed by atoms with Crippen molar-refractivity contribution in [1.82, 2.24) is 4.31 Å². The van der Waals surface area contributed by atoms with Gasteiger partial charge in [0.15, 0.2) is 0 Å². The van der Waals surface area contributed by atoms with Crippen LogP contribution in [0.5, 0.6) is 5.75 Å². The van der Waals surface area contributed by atoms with Crippen LogP contribution in [-0.4, -0.2) is 29.6 Å². The predicted octanol–water partition coefficient (Wildman–Crippen LogP) is 5.28. The average Bonchev–Trinajstić information content (AvgIpc) is 2.79. The molecule has 3 aromatic rings. The maximum absolute atomic E-state index is 14.2. The van der Waals surface area contributed by atoms with Gasteiger partial charge in [-0.25, -0.2) is 8.42 Å². The van der Waals surface area contributed by atoms with Crippen LogP contribution in [0.3, 0.4) is 0 Å². The highest BCUT2D eigenvalue weighted by molar-refractivity contribution is 7.89. The zero-order valence-electron chi connectivity index (χ0n) is 18.7. The largest absolute Gasteiger partial charge is 0.495 e. The molecule has 0 aliphatic carbocycles. The molecule has 0 bridgehead atoms. The summed E-state index contributed by atoms with van der Waals surface area (Å²) in [5, 5.41) is -0.596. The molecule has 0 aromatic heterocycles. The van der Waals surface area contributed by atoms with Crippen LogP contribution in [0, 0.1) is 6.92 Å². The molecule has 3 aromatic carbocycles. The van der Waals surface area contributed by atoms with Crippen LogP contribution in [0.15, 0.2) is 71.6 Å². The zero-order valence-corrected chi connectivity index (χ0v) is 21.2. The summed E-state index contributed by atoms with van der Waals surface area (Å²) in [6, 6.07) is 16.3. The number of para-hydroxylation sites is 1. The van der Waals surface area contributed by atoms with Crippen molar-refractivity contribution in [2.45, 2.75) is 30.6 Å². The van der Waals surface area contributed by atoms with E-state index in [0.29, 0.717) is 0 Å². The molecular weight excluding hydrogens is 523 g/mol. The fourth-order valence-corrected chi connectivity index (χ4v) is 5.89. The van der Waals surface area contributed by atoms with E-state index in [4.69, 9.17) is 26.1 Å². The van der Waals surface area contributed by atoms with Crippen LogP contribution in [-0.2, 0) is 33.3 Å². The molecule has 0 aliphatic heterocycles. The minimum atomic E-state index is -5.83. The number of ether oxygens (including phenoxy) is 1. The highest BCUT2D eigenvalue weighted by Gasteiger charge is 2.51. The van der Waals surface area contributed by atoms with Crippen molar-refractivity contribution < 1.29 is 36.3 Å². The van der Waals surface area contributed by atoms with Crippen molar-refractivity contribution in [2.24, 2.45) is 0 Å². The van der Waals surface area contributed by atoms with E-state index in [0.717, 1.165) is 33.6 Å². The standard InChI is InChI=1S/C23H23ClF2NO6PS/c1-16-7-3-4-8-18(16)15-27(35(31,32)22-10-6-5-9-21(22)33-2)14-17-11-12-19(20(24)13-17)23(25,26)34(28,29)30/h3-13H,14-15H2,1-2H3,(H2,28,29,30). The summed E-state index contributed by atoms with van der Waals surface area (Å²) in [6.07, 6.45) is 0. The normalized spacial score (nSPS) is 12.7. The van der Waals surface area contributed by atoms with Crippen LogP contribution in [0.4, 0.5) is 8.78 Å². The SMILES string of the molecule is COc1ccccc1S(=O)(=O)N(Cc1ccc(C(F)(F)P(=O)(O)O)c(Cl)c1)Cc1ccccc1C. The summed E-state index contributed by atoms with van der Waals surface area (Å²) in [5.41, 5.74) is -3.72. The molecule has 0 saturated carbocycles. The molecule has 0 atom stereocenters. The maximum Gasteiger partial charge on any atom is 0.399 e. The lowest BCUT2D eigenvalue weighted by molar-refractivity contribution is 0.0565. The number of rotatable bonds is 9. The Balaban J connectivity index is 2.06. The summed E-state index contributed by atoms with van der Waals surface area (Å²) in [7, 11) is -8.62. The molecule has 0 amide bonds. The summed E-state index contributed by atoms with van der Waals surface area (Å²) >= 11 is 5.96. The first-order valence-electron chi connectivity index (χ1n) is 10.2. The summed E-state index contributed by atoms with van der Waals surface area (Å²) < 4.78 is 73.3. The van der Waals surface area contributed by atoms with Crippen LogP contribution in [0.2, 0.25) is 5.02 Å². The molecule has 0 heterocycles. The molecule has 0 unspecified atom stereocenters. The highest BCUT2D eigenvalue weighted by atomic mass is 35.5. The second kappa shape index (κ2) is 10.3. The topological polar surface area (TPSA) is 104 Å². The molecule has 0 radical (unpaired) electrons. The summed E-state index contributed by atoms with van der Waals surface area (Å²) in [6.45, 7) is 1.54. The minimum Gasteiger partial charge on any atom is -0.495 e. The Kier molecular flexibility index (Phi) is 8.06. The molecule has 0 saturated heterocycles. The predicted molar refractivity (Wildman–Crippen MR) is 128 cm³/mol. The average molecular weight is 546 g/mol. The van der Waals surface area contributed by atoms with Crippen molar-refractivity contribution in [3.8, 4) is 5.75 Å². The number of aryl methyl sites for hydroxylation is 1. The Morgan fingerprint density at radius 2 is 1.66 bits per heavy atom. The molecule has 0 aliphatic rings. The van der Waals surface area contributed by atoms with Gasteiger partial charge >= 0.3 is 13.3 Å². The summed E-state index contributed by atoms with van der Waals surface area (Å²) in [4.78, 5) is 17.9. The van der Waals surface area contributed by atoms with E-state index in [1.807, 2.05) is 19.1 Å². The van der Waals surface area contributed by atoms with Crippen LogP contribution in [0.25, 0.3) is 0 Å². The van der Waals surface area contributed by atoms with Crippen molar-refractivity contribution in [3.63, 3.8) is 0 Å². The van der Waals surface area contributed by atoms with Crippen molar-refractivity contribution >= 4 is 29.2 Å². The van der Waals surface area contributed by atoms with Gasteiger partial charge in [0.05, 0.1) is 17.7 Å². The Morgan fingerprint density at radius 1 is 1.03 bits per heavy atom. The van der Waals surface area contributed by atoms with Gasteiger partial charge in [-0.2, -0.15) is 13.1 Å². The number of alkyl halides is 2. The van der Waals surface area contributed by atoms with Gasteiger partial charge in [-0.15, -0.1) is 0 Å². The first-order chi connectivity index (χ1) is 16.3. The number of hydrogen-bond donors (Lipinski definition) is 2. The van der Waals surface area contributed by atoms with Crippen molar-refractivity contribution in [2.75, 3.05) is 7.11 Å². The smallest absolute Gasteiger partial charge is 0.399 e. The Labute approximate surface area is 207 Å². The van der Waals surface area contributed by atoms with Gasteiger partial charge < -0.3 is 14.5 Å². The number of benzene rings is 3. The van der Waals surface area contributed by atoms with Crippen molar-refractivity contribution in [1.29, 1.82) is 0 Å². The monoisotopic (exact) mass is 545 g/mol. The second-order valence-electron chi connectivity index (χ2n) is 7.75. The first-order valence-corrected chi connectivity index (χ1v) is 13.6. The van der Waals surface area contributed by atoms with E-state index < -0.39 is 33.9 Å². The lowest BCUT2D eigenvalue weighted by Crippen LogP contribution is -2.31. The second-order valence-corrected chi connectivity index (χ2v) is 11.7. The van der Waals surface area contributed by atoms with E-state index in [9.17, 15) is 21.8 Å². The van der Waals surface area contributed by atoms with Crippen LogP contribution >= 0.6 is 19.2 Å². The van der Waals surface area contributed by atoms with E-state index in [2.05, 4.69) is 0 Å². The molecule has 0 fully saturated rings. The Hall–Kier alpha value is -2.33. The number of sulfonamides is 1. The first kappa shape index (κ1) is 27.3. The van der Waals surface area contributed by atoms with Gasteiger partial charge in [-0.3, -0.25) is 4.57 Å². The third-order valence-electron chi connectivity index (χ3n) is 5.38. The van der Waals surface area contributed by atoms with Gasteiger partial charge in [0.2, 0.25) is 10.0 Å². The molecule has 7 nitrogen and oxygen atoms in total. The third-order valence-corrected chi connectivity index (χ3v) is 8.49.